The molecule has 0 amide bonds. The number of allylic oxidation sites excluding steroid dienone is 1. The van der Waals surface area contributed by atoms with Gasteiger partial charge in [0.15, 0.2) is 0 Å². The van der Waals surface area contributed by atoms with Crippen LogP contribution < -0.4 is 5.32 Å². The summed E-state index contributed by atoms with van der Waals surface area (Å²) in [6.45, 7) is 2.23. The summed E-state index contributed by atoms with van der Waals surface area (Å²) in [5, 5.41) is 2.83. The van der Waals surface area contributed by atoms with Gasteiger partial charge >= 0.3 is 5.97 Å². The summed E-state index contributed by atoms with van der Waals surface area (Å²) in [4.78, 5) is 14.9. The fourth-order valence-corrected chi connectivity index (χ4v) is 0.826. The number of carbonyl (C=O) groups is 1. The molecule has 4 heteroatoms. The Kier molecular flexibility index (Phi) is 2.25. The molecule has 1 heterocycles. The highest BCUT2D eigenvalue weighted by molar-refractivity contribution is 5.91. The van der Waals surface area contributed by atoms with Crippen LogP contribution in [0.3, 0.4) is 0 Å². The van der Waals surface area contributed by atoms with Crippen molar-refractivity contribution in [2.45, 2.75) is 6.92 Å². The summed E-state index contributed by atoms with van der Waals surface area (Å²) < 4.78 is 4.55. The van der Waals surface area contributed by atoms with Crippen LogP contribution in [0.25, 0.3) is 0 Å². The number of rotatable bonds is 1. The normalized spacial score (nSPS) is 16.2. The van der Waals surface area contributed by atoms with Gasteiger partial charge in [-0.15, -0.1) is 0 Å². The number of carbonyl (C=O) groups excluding carboxylic acids is 1. The predicted octanol–water partition coefficient (Wildman–Crippen LogP) is 0.0649. The maximum atomic E-state index is 11.0. The Hall–Kier alpha value is -1.32. The smallest absolute Gasteiger partial charge is 0.337 e. The first kappa shape index (κ1) is 7.78. The summed E-state index contributed by atoms with van der Waals surface area (Å²) in [6.07, 6.45) is 1.57. The van der Waals surface area contributed by atoms with E-state index in [2.05, 4.69) is 15.0 Å². The van der Waals surface area contributed by atoms with Gasteiger partial charge in [-0.3, -0.25) is 4.99 Å². The van der Waals surface area contributed by atoms with Crippen molar-refractivity contribution in [2.24, 2.45) is 4.99 Å². The SMILES string of the molecule is COC(=O)C1=C(C)NC=NC1. The number of hydrogen-bond acceptors (Lipinski definition) is 4. The standard InChI is InChI=1S/C7H10N2O2/c1-5-6(7(10)11-2)3-8-4-9-5/h4H,3H2,1-2H3,(H,8,9). The molecule has 1 rings (SSSR count). The van der Waals surface area contributed by atoms with Crippen LogP contribution in [0, 0.1) is 0 Å². The van der Waals surface area contributed by atoms with Gasteiger partial charge in [-0.1, -0.05) is 0 Å². The Morgan fingerprint density at radius 2 is 2.55 bits per heavy atom. The summed E-state index contributed by atoms with van der Waals surface area (Å²) in [5.74, 6) is -0.313. The molecule has 1 N–H and O–H groups in total. The maximum Gasteiger partial charge on any atom is 0.337 e. The van der Waals surface area contributed by atoms with Crippen molar-refractivity contribution in [3.8, 4) is 0 Å². The van der Waals surface area contributed by atoms with Crippen LogP contribution >= 0.6 is 0 Å². The van der Waals surface area contributed by atoms with E-state index in [9.17, 15) is 4.79 Å². The van der Waals surface area contributed by atoms with E-state index in [1.807, 2.05) is 6.92 Å². The largest absolute Gasteiger partial charge is 0.466 e. The van der Waals surface area contributed by atoms with E-state index in [1.54, 1.807) is 6.34 Å². The Morgan fingerprint density at radius 1 is 1.82 bits per heavy atom. The lowest BCUT2D eigenvalue weighted by Gasteiger charge is -2.11. The second kappa shape index (κ2) is 3.18. The third kappa shape index (κ3) is 1.58. The Bertz CT molecular complexity index is 231. The van der Waals surface area contributed by atoms with E-state index < -0.39 is 0 Å². The fraction of sp³-hybridized carbons (Fsp3) is 0.429. The molecule has 0 unspecified atom stereocenters. The first-order valence-electron chi connectivity index (χ1n) is 3.28. The van der Waals surface area contributed by atoms with Crippen molar-refractivity contribution < 1.29 is 9.53 Å². The molecule has 0 saturated heterocycles. The van der Waals surface area contributed by atoms with Crippen molar-refractivity contribution in [2.75, 3.05) is 13.7 Å². The average molecular weight is 154 g/mol. The number of nitrogens with one attached hydrogen (secondary N) is 1. The lowest BCUT2D eigenvalue weighted by atomic mass is 10.2. The summed E-state index contributed by atoms with van der Waals surface area (Å²) in [6, 6.07) is 0. The lowest BCUT2D eigenvalue weighted by molar-refractivity contribution is -0.136. The molecule has 0 fully saturated rings. The minimum absolute atomic E-state index is 0.313. The second-order valence-electron chi connectivity index (χ2n) is 2.21. The van der Waals surface area contributed by atoms with Gasteiger partial charge in [0.1, 0.15) is 0 Å². The number of methoxy groups -OCH3 is 1. The van der Waals surface area contributed by atoms with Gasteiger partial charge < -0.3 is 10.1 Å². The van der Waals surface area contributed by atoms with Crippen molar-refractivity contribution in [3.63, 3.8) is 0 Å². The number of esters is 1. The minimum Gasteiger partial charge on any atom is -0.466 e. The highest BCUT2D eigenvalue weighted by Crippen LogP contribution is 2.06. The van der Waals surface area contributed by atoms with Crippen LogP contribution in [0.4, 0.5) is 0 Å². The monoisotopic (exact) mass is 154 g/mol. The zero-order chi connectivity index (χ0) is 8.27. The molecule has 0 aromatic heterocycles. The molecule has 1 aliphatic heterocycles. The quantitative estimate of drug-likeness (QED) is 0.543. The molecule has 0 spiro atoms. The number of nitrogens with zero attached hydrogens (tertiary/aromatic N) is 1. The molecule has 0 aliphatic carbocycles. The number of ether oxygens (including phenoxy) is 1. The van der Waals surface area contributed by atoms with Crippen LogP contribution in [-0.4, -0.2) is 26.0 Å². The highest BCUT2D eigenvalue weighted by atomic mass is 16.5. The van der Waals surface area contributed by atoms with E-state index in [4.69, 9.17) is 0 Å². The van der Waals surface area contributed by atoms with Crippen LogP contribution in [-0.2, 0) is 9.53 Å². The molecular formula is C7H10N2O2. The predicted molar refractivity (Wildman–Crippen MR) is 41.2 cm³/mol. The van der Waals surface area contributed by atoms with Crippen molar-refractivity contribution in [1.82, 2.24) is 5.32 Å². The maximum absolute atomic E-state index is 11.0. The Labute approximate surface area is 65.0 Å². The topological polar surface area (TPSA) is 50.7 Å². The third-order valence-corrected chi connectivity index (χ3v) is 1.51. The molecule has 0 aromatic carbocycles. The zero-order valence-electron chi connectivity index (χ0n) is 6.55. The van der Waals surface area contributed by atoms with E-state index in [0.29, 0.717) is 12.1 Å². The van der Waals surface area contributed by atoms with Crippen molar-refractivity contribution in [1.29, 1.82) is 0 Å². The van der Waals surface area contributed by atoms with Gasteiger partial charge in [0.2, 0.25) is 0 Å². The van der Waals surface area contributed by atoms with E-state index >= 15 is 0 Å². The van der Waals surface area contributed by atoms with Crippen LogP contribution in [0.15, 0.2) is 16.3 Å². The molecule has 0 radical (unpaired) electrons. The van der Waals surface area contributed by atoms with Gasteiger partial charge in [0.05, 0.1) is 25.6 Å². The summed E-state index contributed by atoms with van der Waals surface area (Å²) >= 11 is 0. The van der Waals surface area contributed by atoms with Gasteiger partial charge in [-0.2, -0.15) is 0 Å². The molecule has 0 aromatic rings. The van der Waals surface area contributed by atoms with Gasteiger partial charge in [-0.05, 0) is 6.92 Å². The van der Waals surface area contributed by atoms with Crippen molar-refractivity contribution >= 4 is 12.3 Å². The molecule has 0 bridgehead atoms. The fourth-order valence-electron chi connectivity index (χ4n) is 0.826. The molecule has 60 valence electrons. The van der Waals surface area contributed by atoms with Crippen LogP contribution in [0.1, 0.15) is 6.92 Å². The average Bonchev–Trinajstić information content (AvgIpc) is 2.04. The molecule has 4 nitrogen and oxygen atoms in total. The number of aliphatic imine (C=N–C) groups is 1. The first-order valence-corrected chi connectivity index (χ1v) is 3.28. The first-order chi connectivity index (χ1) is 5.25. The van der Waals surface area contributed by atoms with Crippen LogP contribution in [0.2, 0.25) is 0 Å². The van der Waals surface area contributed by atoms with Gasteiger partial charge in [0, 0.05) is 5.70 Å². The van der Waals surface area contributed by atoms with Gasteiger partial charge in [0.25, 0.3) is 0 Å². The number of hydrogen-bond donors (Lipinski definition) is 1. The zero-order valence-corrected chi connectivity index (χ0v) is 6.55. The minimum atomic E-state index is -0.313. The second-order valence-corrected chi connectivity index (χ2v) is 2.21. The highest BCUT2D eigenvalue weighted by Gasteiger charge is 2.14. The van der Waals surface area contributed by atoms with Crippen molar-refractivity contribution in [3.05, 3.63) is 11.3 Å². The molecule has 1 aliphatic rings. The van der Waals surface area contributed by atoms with E-state index in [-0.39, 0.29) is 5.97 Å². The molecule has 0 atom stereocenters. The Morgan fingerprint density at radius 3 is 3.09 bits per heavy atom. The lowest BCUT2D eigenvalue weighted by Crippen LogP contribution is -2.22. The molecule has 0 saturated carbocycles. The summed E-state index contributed by atoms with van der Waals surface area (Å²) in [5.41, 5.74) is 1.40. The molecular weight excluding hydrogens is 144 g/mol. The van der Waals surface area contributed by atoms with Crippen LogP contribution in [0.5, 0.6) is 0 Å². The van der Waals surface area contributed by atoms with E-state index in [0.717, 1.165) is 5.70 Å². The van der Waals surface area contributed by atoms with E-state index in [1.165, 1.54) is 7.11 Å². The summed E-state index contributed by atoms with van der Waals surface area (Å²) in [7, 11) is 1.36. The molecule has 11 heavy (non-hydrogen) atoms. The van der Waals surface area contributed by atoms with Gasteiger partial charge in [-0.25, -0.2) is 4.79 Å². The third-order valence-electron chi connectivity index (χ3n) is 1.51. The Balaban J connectivity index is 2.76.